The van der Waals surface area contributed by atoms with E-state index in [0.717, 1.165) is 70.6 Å². The van der Waals surface area contributed by atoms with E-state index in [1.807, 2.05) is 0 Å². The predicted molar refractivity (Wildman–Crippen MR) is 224 cm³/mol. The molecule has 0 saturated heterocycles. The number of phosphoric ester groups is 1. The largest absolute Gasteiger partial charge is 0.472 e. The molecule has 0 rings (SSSR count). The van der Waals surface area contributed by atoms with Gasteiger partial charge in [-0.3, -0.25) is 18.6 Å². The second-order valence-corrected chi connectivity index (χ2v) is 14.7. The zero-order valence-corrected chi connectivity index (χ0v) is 34.5. The minimum atomic E-state index is -4.43. The van der Waals surface area contributed by atoms with E-state index < -0.39 is 26.5 Å². The molecule has 0 aliphatic heterocycles. The maximum Gasteiger partial charge on any atom is 0.472 e. The van der Waals surface area contributed by atoms with Crippen LogP contribution in [0.3, 0.4) is 0 Å². The Morgan fingerprint density at radius 2 is 1.06 bits per heavy atom. The Morgan fingerprint density at radius 1 is 0.593 bits per heavy atom. The van der Waals surface area contributed by atoms with Gasteiger partial charge in [-0.05, 0) is 64.2 Å². The molecular weight excluding hydrogens is 701 g/mol. The number of ether oxygens (including phenoxy) is 1. The molecule has 308 valence electrons. The summed E-state index contributed by atoms with van der Waals surface area (Å²) in [5.41, 5.74) is 0. The number of aliphatic hydroxyl groups is 1. The van der Waals surface area contributed by atoms with Crippen molar-refractivity contribution in [2.45, 2.75) is 155 Å². The van der Waals surface area contributed by atoms with Crippen LogP contribution in [0.15, 0.2) is 85.1 Å². The third-order valence-corrected chi connectivity index (χ3v) is 9.07. The van der Waals surface area contributed by atoms with E-state index in [2.05, 4.69) is 104 Å². The van der Waals surface area contributed by atoms with Crippen LogP contribution in [0.5, 0.6) is 0 Å². The van der Waals surface area contributed by atoms with Crippen LogP contribution in [0.25, 0.3) is 0 Å². The lowest BCUT2D eigenvalue weighted by Crippen LogP contribution is -2.27. The van der Waals surface area contributed by atoms with Gasteiger partial charge >= 0.3 is 13.8 Å². The van der Waals surface area contributed by atoms with E-state index in [1.54, 1.807) is 0 Å². The lowest BCUT2D eigenvalue weighted by molar-refractivity contribution is -0.147. The van der Waals surface area contributed by atoms with E-state index in [9.17, 15) is 24.2 Å². The van der Waals surface area contributed by atoms with Crippen molar-refractivity contribution < 1.29 is 37.9 Å². The zero-order valence-electron chi connectivity index (χ0n) is 33.6. The smallest absolute Gasteiger partial charge is 0.463 e. The molecule has 0 aliphatic rings. The summed E-state index contributed by atoms with van der Waals surface area (Å²) in [4.78, 5) is 33.8. The minimum Gasteiger partial charge on any atom is -0.463 e. The Kier molecular flexibility index (Phi) is 37.8. The maximum atomic E-state index is 12.1. The van der Waals surface area contributed by atoms with E-state index in [1.165, 1.54) is 44.9 Å². The van der Waals surface area contributed by atoms with Gasteiger partial charge in [0.1, 0.15) is 12.7 Å². The lowest BCUT2D eigenvalue weighted by Gasteiger charge is -2.15. The molecule has 10 heteroatoms. The average molecular weight is 776 g/mol. The molecule has 0 saturated carbocycles. The molecule has 54 heavy (non-hydrogen) atoms. The number of carbonyl (C=O) groups excluding carboxylic acids is 2. The van der Waals surface area contributed by atoms with Crippen molar-refractivity contribution in [1.29, 1.82) is 0 Å². The topological polar surface area (TPSA) is 131 Å². The van der Waals surface area contributed by atoms with Gasteiger partial charge in [0.05, 0.1) is 13.2 Å². The molecule has 0 spiro atoms. The highest BCUT2D eigenvalue weighted by molar-refractivity contribution is 7.47. The highest BCUT2D eigenvalue weighted by Crippen LogP contribution is 2.42. The number of hydrogen-bond donors (Lipinski definition) is 3. The third kappa shape index (κ3) is 40.4. The van der Waals surface area contributed by atoms with Gasteiger partial charge in [-0.1, -0.05) is 157 Å². The van der Waals surface area contributed by atoms with Gasteiger partial charge in [0, 0.05) is 19.4 Å². The fourth-order valence-electron chi connectivity index (χ4n) is 5.01. The van der Waals surface area contributed by atoms with Gasteiger partial charge in [0.25, 0.3) is 0 Å². The van der Waals surface area contributed by atoms with Crippen LogP contribution in [0, 0.1) is 0 Å². The van der Waals surface area contributed by atoms with Gasteiger partial charge in [0.15, 0.2) is 0 Å². The van der Waals surface area contributed by atoms with E-state index in [0.29, 0.717) is 12.8 Å². The summed E-state index contributed by atoms with van der Waals surface area (Å²) in [6, 6.07) is 0. The predicted octanol–water partition coefficient (Wildman–Crippen LogP) is 11.3. The van der Waals surface area contributed by atoms with E-state index in [4.69, 9.17) is 13.8 Å². The van der Waals surface area contributed by atoms with Gasteiger partial charge in [-0.25, -0.2) is 4.57 Å². The molecule has 0 radical (unpaired) electrons. The monoisotopic (exact) mass is 776 g/mol. The highest BCUT2D eigenvalue weighted by Gasteiger charge is 2.23. The maximum absolute atomic E-state index is 12.1. The van der Waals surface area contributed by atoms with Crippen LogP contribution >= 0.6 is 7.82 Å². The molecule has 3 N–H and O–H groups in total. The Morgan fingerprint density at radius 3 is 1.56 bits per heavy atom. The van der Waals surface area contributed by atoms with Crippen molar-refractivity contribution in [1.82, 2.24) is 5.32 Å². The fourth-order valence-corrected chi connectivity index (χ4v) is 5.77. The number of carbonyl (C=O) groups is 2. The quantitative estimate of drug-likeness (QED) is 0.0246. The number of rotatable bonds is 37. The zero-order chi connectivity index (χ0) is 39.6. The molecule has 0 fully saturated rings. The van der Waals surface area contributed by atoms with Crippen molar-refractivity contribution in [3.63, 3.8) is 0 Å². The van der Waals surface area contributed by atoms with Crippen molar-refractivity contribution in [2.24, 2.45) is 0 Å². The summed E-state index contributed by atoms with van der Waals surface area (Å²) in [6.07, 6.45) is 49.6. The van der Waals surface area contributed by atoms with Crippen LogP contribution in [-0.4, -0.2) is 54.3 Å². The fraction of sp³-hybridized carbons (Fsp3) is 0.636. The molecular formula is C44H74NO8P. The standard InChI is InChI=1S/C44H74NO8P/c1-3-5-7-9-11-13-15-16-17-18-19-20-21-22-23-24-25-26-27-28-30-32-34-36-43(47)45-38-39-52-54(49,50)53-41-42(46)40-51-44(48)37-35-33-31-29-14-12-10-8-6-4-2/h5,7,11,13,16-17,19-20,22-23,25-26,28,30,42,46H,3-4,6,8-10,12,14-15,18,21,24,27,29,31-41H2,1-2H3,(H,45,47)(H,49,50)/b7-5-,13-11-,17-16-,20-19-,23-22-,26-25-,30-28-. The number of nitrogens with one attached hydrogen (secondary N) is 1. The van der Waals surface area contributed by atoms with Crippen LogP contribution in [-0.2, 0) is 27.9 Å². The summed E-state index contributed by atoms with van der Waals surface area (Å²) in [7, 11) is -4.43. The first-order valence-electron chi connectivity index (χ1n) is 20.6. The van der Waals surface area contributed by atoms with Gasteiger partial charge in [-0.2, -0.15) is 0 Å². The Bertz CT molecular complexity index is 1160. The number of esters is 1. The molecule has 0 aliphatic carbocycles. The minimum absolute atomic E-state index is 0.0460. The van der Waals surface area contributed by atoms with Gasteiger partial charge < -0.3 is 20.1 Å². The normalized spacial score (nSPS) is 14.2. The molecule has 0 aromatic rings. The van der Waals surface area contributed by atoms with Crippen LogP contribution in [0.4, 0.5) is 0 Å². The average Bonchev–Trinajstić information content (AvgIpc) is 3.16. The van der Waals surface area contributed by atoms with Gasteiger partial charge in [-0.15, -0.1) is 0 Å². The highest BCUT2D eigenvalue weighted by atomic mass is 31.2. The van der Waals surface area contributed by atoms with Crippen LogP contribution in [0.1, 0.15) is 149 Å². The SMILES string of the molecule is CC/C=C\C/C=C\C/C=C\C/C=C\C/C=C\C/C=C\C/C=C\CCCC(=O)NCCOP(=O)(O)OCC(O)COC(=O)CCCCCCCCCCCC. The van der Waals surface area contributed by atoms with Crippen molar-refractivity contribution in [3.05, 3.63) is 85.1 Å². The number of aliphatic hydroxyl groups excluding tert-OH is 1. The Balaban J connectivity index is 3.74. The van der Waals surface area contributed by atoms with Crippen LogP contribution in [0.2, 0.25) is 0 Å². The molecule has 0 aromatic heterocycles. The molecule has 2 atom stereocenters. The molecule has 1 amide bonds. The van der Waals surface area contributed by atoms with E-state index in [-0.39, 0.29) is 32.1 Å². The number of phosphoric acid groups is 1. The number of allylic oxidation sites excluding steroid dienone is 14. The number of unbranched alkanes of at least 4 members (excludes halogenated alkanes) is 10. The Hall–Kier alpha value is -2.81. The van der Waals surface area contributed by atoms with Crippen LogP contribution < -0.4 is 5.32 Å². The summed E-state index contributed by atoms with van der Waals surface area (Å²) in [5, 5.41) is 12.6. The first kappa shape index (κ1) is 51.2. The van der Waals surface area contributed by atoms with Crippen molar-refractivity contribution in [2.75, 3.05) is 26.4 Å². The summed E-state index contributed by atoms with van der Waals surface area (Å²) in [5.74, 6) is -0.586. The molecule has 0 bridgehead atoms. The summed E-state index contributed by atoms with van der Waals surface area (Å²) >= 11 is 0. The number of amides is 1. The number of hydrogen-bond acceptors (Lipinski definition) is 7. The lowest BCUT2D eigenvalue weighted by atomic mass is 10.1. The van der Waals surface area contributed by atoms with E-state index >= 15 is 0 Å². The summed E-state index contributed by atoms with van der Waals surface area (Å²) in [6.45, 7) is 3.32. The molecule has 2 unspecified atom stereocenters. The second-order valence-electron chi connectivity index (χ2n) is 13.2. The third-order valence-electron chi connectivity index (χ3n) is 8.09. The second kappa shape index (κ2) is 39.9. The first-order chi connectivity index (χ1) is 26.3. The van der Waals surface area contributed by atoms with Gasteiger partial charge in [0.2, 0.25) is 5.91 Å². The summed E-state index contributed by atoms with van der Waals surface area (Å²) < 4.78 is 26.7. The molecule has 9 nitrogen and oxygen atoms in total. The molecule has 0 aromatic carbocycles. The molecule has 0 heterocycles. The Labute approximate surface area is 328 Å². The first-order valence-corrected chi connectivity index (χ1v) is 22.1. The van der Waals surface area contributed by atoms with Crippen molar-refractivity contribution >= 4 is 19.7 Å². The van der Waals surface area contributed by atoms with Crippen molar-refractivity contribution in [3.8, 4) is 0 Å².